The third-order valence-electron chi connectivity index (χ3n) is 5.15. The Morgan fingerprint density at radius 1 is 1.20 bits per heavy atom. The molecule has 2 fully saturated rings. The van der Waals surface area contributed by atoms with Crippen LogP contribution in [0, 0.1) is 5.92 Å². The van der Waals surface area contributed by atoms with Gasteiger partial charge in [0.2, 0.25) is 5.69 Å². The van der Waals surface area contributed by atoms with E-state index in [0.717, 1.165) is 63.8 Å². The molecule has 0 bridgehead atoms. The van der Waals surface area contributed by atoms with Crippen molar-refractivity contribution in [1.29, 1.82) is 0 Å². The van der Waals surface area contributed by atoms with Gasteiger partial charge in [0.25, 0.3) is 5.91 Å². The molecule has 25 heavy (non-hydrogen) atoms. The zero-order valence-electron chi connectivity index (χ0n) is 14.4. The number of aromatic nitrogens is 2. The number of hydrogen-bond donors (Lipinski definition) is 3. The highest BCUT2D eigenvalue weighted by molar-refractivity contribution is 5.98. The molecule has 0 spiro atoms. The Kier molecular flexibility index (Phi) is 4.96. The number of carbonyl (C=O) groups is 1. The minimum atomic E-state index is -0.0332. The molecule has 0 aromatic carbocycles. The Morgan fingerprint density at radius 2 is 1.96 bits per heavy atom. The average molecular weight is 346 g/mol. The second-order valence-corrected chi connectivity index (χ2v) is 6.79. The molecule has 3 N–H and O–H groups in total. The third kappa shape index (κ3) is 3.53. The minimum Gasteiger partial charge on any atom is -0.381 e. The molecule has 2 aromatic rings. The number of imidazole rings is 1. The SMILES string of the molecule is O=C(NCC1CCOCC1)c1[nH]c([NH+]2CCOCC2)[n+]2ccccc12. The van der Waals surface area contributed by atoms with E-state index in [0.29, 0.717) is 18.2 Å². The summed E-state index contributed by atoms with van der Waals surface area (Å²) >= 11 is 0. The van der Waals surface area contributed by atoms with Crippen molar-refractivity contribution in [2.45, 2.75) is 12.8 Å². The lowest BCUT2D eigenvalue weighted by Gasteiger charge is -2.21. The summed E-state index contributed by atoms with van der Waals surface area (Å²) in [6, 6.07) is 5.95. The highest BCUT2D eigenvalue weighted by Gasteiger charge is 2.32. The lowest BCUT2D eigenvalue weighted by molar-refractivity contribution is -0.889. The highest BCUT2D eigenvalue weighted by atomic mass is 16.5. The summed E-state index contributed by atoms with van der Waals surface area (Å²) < 4.78 is 12.9. The van der Waals surface area contributed by atoms with Crippen molar-refractivity contribution in [2.75, 3.05) is 46.1 Å². The standard InChI is InChI=1S/C18H24N4O3/c23-17(19-13-14-4-9-24-10-5-14)16-15-3-1-2-6-22(15)18(20-16)21-7-11-25-12-8-21/h1-3,6,14H,4-5,7-13H2,(H,19,23)/p+2. The quantitative estimate of drug-likeness (QED) is 0.651. The number of nitrogens with one attached hydrogen (secondary N) is 3. The number of pyridine rings is 1. The van der Waals surface area contributed by atoms with Crippen LogP contribution in [0.1, 0.15) is 23.3 Å². The first-order valence-corrected chi connectivity index (χ1v) is 9.14. The lowest BCUT2D eigenvalue weighted by Crippen LogP contribution is -3.11. The number of aromatic amines is 1. The summed E-state index contributed by atoms with van der Waals surface area (Å²) in [6.07, 6.45) is 4.05. The van der Waals surface area contributed by atoms with Gasteiger partial charge in [-0.1, -0.05) is 6.07 Å². The fourth-order valence-corrected chi connectivity index (χ4v) is 3.65. The Balaban J connectivity index is 1.55. The Bertz CT molecular complexity index is 733. The topological polar surface area (TPSA) is 71.9 Å². The van der Waals surface area contributed by atoms with Gasteiger partial charge in [0, 0.05) is 19.8 Å². The van der Waals surface area contributed by atoms with Crippen LogP contribution >= 0.6 is 0 Å². The molecule has 0 aliphatic carbocycles. The molecule has 1 amide bonds. The van der Waals surface area contributed by atoms with Crippen molar-refractivity contribution in [3.05, 3.63) is 30.1 Å². The van der Waals surface area contributed by atoms with E-state index in [1.165, 1.54) is 4.90 Å². The molecule has 0 saturated carbocycles. The number of morpholine rings is 1. The van der Waals surface area contributed by atoms with E-state index in [4.69, 9.17) is 9.47 Å². The van der Waals surface area contributed by atoms with Crippen LogP contribution in [0.25, 0.3) is 5.52 Å². The molecule has 7 nitrogen and oxygen atoms in total. The van der Waals surface area contributed by atoms with Gasteiger partial charge >= 0.3 is 5.95 Å². The maximum Gasteiger partial charge on any atom is 0.457 e. The maximum absolute atomic E-state index is 12.8. The predicted octanol–water partition coefficient (Wildman–Crippen LogP) is -0.544. The molecule has 2 aliphatic rings. The van der Waals surface area contributed by atoms with Crippen molar-refractivity contribution in [3.8, 4) is 0 Å². The number of quaternary nitrogens is 1. The van der Waals surface area contributed by atoms with Crippen LogP contribution < -0.4 is 14.6 Å². The van der Waals surface area contributed by atoms with Gasteiger partial charge < -0.3 is 14.8 Å². The van der Waals surface area contributed by atoms with Crippen molar-refractivity contribution < 1.29 is 23.6 Å². The van der Waals surface area contributed by atoms with Gasteiger partial charge in [-0.05, 0) is 30.9 Å². The third-order valence-corrected chi connectivity index (χ3v) is 5.15. The number of ether oxygens (including phenoxy) is 2. The largest absolute Gasteiger partial charge is 0.457 e. The second kappa shape index (κ2) is 7.51. The number of nitrogens with zero attached hydrogens (tertiary/aromatic N) is 1. The van der Waals surface area contributed by atoms with Gasteiger partial charge in [0.1, 0.15) is 19.3 Å². The van der Waals surface area contributed by atoms with Gasteiger partial charge in [-0.25, -0.2) is 4.90 Å². The first kappa shape index (κ1) is 16.5. The molecule has 2 aromatic heterocycles. The lowest BCUT2D eigenvalue weighted by atomic mass is 10.0. The van der Waals surface area contributed by atoms with E-state index in [1.807, 2.05) is 24.4 Å². The van der Waals surface area contributed by atoms with E-state index in [1.54, 1.807) is 0 Å². The minimum absolute atomic E-state index is 0.0332. The Labute approximate surface area is 146 Å². The molecule has 0 unspecified atom stereocenters. The van der Waals surface area contributed by atoms with Crippen LogP contribution in [0.3, 0.4) is 0 Å². The molecule has 134 valence electrons. The van der Waals surface area contributed by atoms with Crippen molar-refractivity contribution >= 4 is 17.4 Å². The number of H-pyrrole nitrogens is 1. The van der Waals surface area contributed by atoms with E-state index in [-0.39, 0.29) is 5.91 Å². The fraction of sp³-hybridized carbons (Fsp3) is 0.556. The van der Waals surface area contributed by atoms with E-state index in [2.05, 4.69) is 14.7 Å². The van der Waals surface area contributed by atoms with Crippen molar-refractivity contribution in [2.24, 2.45) is 5.92 Å². The number of fused-ring (bicyclic) bond motifs is 1. The summed E-state index contributed by atoms with van der Waals surface area (Å²) in [5.41, 5.74) is 1.56. The van der Waals surface area contributed by atoms with Crippen molar-refractivity contribution in [3.63, 3.8) is 0 Å². The zero-order chi connectivity index (χ0) is 17.1. The summed E-state index contributed by atoms with van der Waals surface area (Å²) in [5.74, 6) is 1.50. The van der Waals surface area contributed by atoms with Crippen LogP contribution in [0.5, 0.6) is 0 Å². The normalized spacial score (nSPS) is 20.0. The Hall–Kier alpha value is -1.96. The number of amides is 1. The van der Waals surface area contributed by atoms with Gasteiger partial charge in [0.05, 0.1) is 13.2 Å². The Morgan fingerprint density at radius 3 is 2.76 bits per heavy atom. The van der Waals surface area contributed by atoms with Crippen LogP contribution in [-0.2, 0) is 9.47 Å². The maximum atomic E-state index is 12.8. The number of rotatable bonds is 4. The molecule has 7 heteroatoms. The van der Waals surface area contributed by atoms with Crippen LogP contribution in [0.2, 0.25) is 0 Å². The molecular weight excluding hydrogens is 320 g/mol. The van der Waals surface area contributed by atoms with Gasteiger partial charge in [0.15, 0.2) is 5.52 Å². The smallest absolute Gasteiger partial charge is 0.381 e. The average Bonchev–Trinajstić information content (AvgIpc) is 3.07. The summed E-state index contributed by atoms with van der Waals surface area (Å²) in [6.45, 7) is 5.60. The van der Waals surface area contributed by atoms with Gasteiger partial charge in [-0.3, -0.25) is 4.79 Å². The monoisotopic (exact) mass is 346 g/mol. The fourth-order valence-electron chi connectivity index (χ4n) is 3.65. The summed E-state index contributed by atoms with van der Waals surface area (Å²) in [4.78, 5) is 17.5. The van der Waals surface area contributed by atoms with E-state index >= 15 is 0 Å². The molecule has 0 radical (unpaired) electrons. The van der Waals surface area contributed by atoms with Gasteiger partial charge in [-0.15, -0.1) is 4.40 Å². The molecule has 2 aliphatic heterocycles. The first-order chi connectivity index (χ1) is 12.3. The first-order valence-electron chi connectivity index (χ1n) is 9.14. The highest BCUT2D eigenvalue weighted by Crippen LogP contribution is 2.14. The second-order valence-electron chi connectivity index (χ2n) is 6.79. The molecule has 4 heterocycles. The van der Waals surface area contributed by atoms with E-state index < -0.39 is 0 Å². The predicted molar refractivity (Wildman–Crippen MR) is 91.0 cm³/mol. The zero-order valence-corrected chi connectivity index (χ0v) is 14.4. The van der Waals surface area contributed by atoms with Crippen molar-refractivity contribution in [1.82, 2.24) is 10.3 Å². The molecule has 0 atom stereocenters. The van der Waals surface area contributed by atoms with Crippen LogP contribution in [0.15, 0.2) is 24.4 Å². The van der Waals surface area contributed by atoms with E-state index in [9.17, 15) is 4.79 Å². The number of carbonyl (C=O) groups excluding carboxylic acids is 1. The summed E-state index contributed by atoms with van der Waals surface area (Å²) in [7, 11) is 0. The molecule has 2 saturated heterocycles. The van der Waals surface area contributed by atoms with Crippen LogP contribution in [0.4, 0.5) is 5.95 Å². The molecular formula is C18H26N4O3+2. The van der Waals surface area contributed by atoms with Crippen LogP contribution in [-0.4, -0.2) is 57.0 Å². The molecule has 4 rings (SSSR count). The number of hydrogen-bond acceptors (Lipinski definition) is 3. The van der Waals surface area contributed by atoms with Gasteiger partial charge in [-0.2, -0.15) is 4.98 Å². The summed E-state index contributed by atoms with van der Waals surface area (Å²) in [5, 5.41) is 3.10.